The number of benzene rings is 1. The highest BCUT2D eigenvalue weighted by atomic mass is 79.9. The Labute approximate surface area is 124 Å². The second-order valence-corrected chi connectivity index (χ2v) is 7.34. The molecule has 0 amide bonds. The Morgan fingerprint density at radius 1 is 1.16 bits per heavy atom. The summed E-state index contributed by atoms with van der Waals surface area (Å²) in [5.41, 5.74) is 0. The van der Waals surface area contributed by atoms with Crippen LogP contribution < -0.4 is 0 Å². The quantitative estimate of drug-likeness (QED) is 0.759. The van der Waals surface area contributed by atoms with E-state index in [2.05, 4.69) is 20.8 Å². The Morgan fingerprint density at radius 3 is 2.32 bits per heavy atom. The molecule has 0 unspecified atom stereocenters. The minimum absolute atomic E-state index is 0.335. The lowest BCUT2D eigenvalue weighted by Crippen LogP contribution is -2.33. The van der Waals surface area contributed by atoms with E-state index in [0.717, 1.165) is 13.0 Å². The van der Waals surface area contributed by atoms with Crippen LogP contribution in [-0.4, -0.2) is 51.4 Å². The van der Waals surface area contributed by atoms with Crippen molar-refractivity contribution in [3.8, 4) is 0 Å². The molecular formula is C13H21BrN2O2S. The minimum atomic E-state index is -3.41. The predicted octanol–water partition coefficient (Wildman–Crippen LogP) is 2.41. The van der Waals surface area contributed by atoms with Crippen molar-refractivity contribution in [3.05, 3.63) is 28.7 Å². The van der Waals surface area contributed by atoms with Gasteiger partial charge in [0.25, 0.3) is 0 Å². The van der Waals surface area contributed by atoms with Gasteiger partial charge in [-0.1, -0.05) is 19.1 Å². The molecule has 108 valence electrons. The number of nitrogens with zero attached hydrogens (tertiary/aromatic N) is 2. The molecule has 0 saturated heterocycles. The van der Waals surface area contributed by atoms with Gasteiger partial charge in [0.15, 0.2) is 0 Å². The first-order valence-electron chi connectivity index (χ1n) is 6.29. The predicted molar refractivity (Wildman–Crippen MR) is 81.7 cm³/mol. The van der Waals surface area contributed by atoms with Crippen LogP contribution in [0, 0.1) is 0 Å². The maximum absolute atomic E-state index is 12.5. The highest BCUT2D eigenvalue weighted by Gasteiger charge is 2.24. The molecule has 0 N–H and O–H groups in total. The summed E-state index contributed by atoms with van der Waals surface area (Å²) in [7, 11) is 0.558. The largest absolute Gasteiger partial charge is 0.309 e. The maximum Gasteiger partial charge on any atom is 0.244 e. The van der Waals surface area contributed by atoms with E-state index in [-0.39, 0.29) is 0 Å². The van der Waals surface area contributed by atoms with Crippen molar-refractivity contribution in [2.75, 3.05) is 33.7 Å². The van der Waals surface area contributed by atoms with Crippen LogP contribution in [0.3, 0.4) is 0 Å². The molecule has 0 heterocycles. The summed E-state index contributed by atoms with van der Waals surface area (Å²) in [4.78, 5) is 2.39. The average Bonchev–Trinajstić information content (AvgIpc) is 2.34. The fourth-order valence-electron chi connectivity index (χ4n) is 1.80. The lowest BCUT2D eigenvalue weighted by Gasteiger charge is -2.22. The van der Waals surface area contributed by atoms with Crippen molar-refractivity contribution < 1.29 is 8.42 Å². The zero-order valence-electron chi connectivity index (χ0n) is 11.6. The van der Waals surface area contributed by atoms with Crippen molar-refractivity contribution >= 4 is 26.0 Å². The van der Waals surface area contributed by atoms with Crippen LogP contribution in [0.15, 0.2) is 33.6 Å². The maximum atomic E-state index is 12.5. The van der Waals surface area contributed by atoms with Gasteiger partial charge in [-0.2, -0.15) is 4.31 Å². The normalized spacial score (nSPS) is 12.3. The number of hydrogen-bond acceptors (Lipinski definition) is 3. The number of sulfonamides is 1. The van der Waals surface area contributed by atoms with E-state index < -0.39 is 10.0 Å². The molecule has 6 heteroatoms. The van der Waals surface area contributed by atoms with E-state index in [4.69, 9.17) is 0 Å². The van der Waals surface area contributed by atoms with Crippen molar-refractivity contribution in [2.45, 2.75) is 18.2 Å². The minimum Gasteiger partial charge on any atom is -0.309 e. The van der Waals surface area contributed by atoms with Gasteiger partial charge in [-0.3, -0.25) is 0 Å². The first-order valence-corrected chi connectivity index (χ1v) is 8.52. The van der Waals surface area contributed by atoms with Gasteiger partial charge in [-0.15, -0.1) is 0 Å². The van der Waals surface area contributed by atoms with Gasteiger partial charge >= 0.3 is 0 Å². The third-order valence-electron chi connectivity index (χ3n) is 2.82. The summed E-state index contributed by atoms with van der Waals surface area (Å²) < 4.78 is 27.2. The van der Waals surface area contributed by atoms with E-state index in [9.17, 15) is 8.42 Å². The van der Waals surface area contributed by atoms with Crippen molar-refractivity contribution in [1.82, 2.24) is 9.21 Å². The summed E-state index contributed by atoms with van der Waals surface area (Å²) in [6, 6.07) is 6.94. The zero-order valence-corrected chi connectivity index (χ0v) is 14.0. The first-order chi connectivity index (χ1) is 8.89. The fraction of sp³-hybridized carbons (Fsp3) is 0.538. The standard InChI is InChI=1S/C13H21BrN2O2S/c1-4-16(11-7-10-15(2)3)19(17,18)13-9-6-5-8-12(13)14/h5-6,8-9H,4,7,10-11H2,1-3H3. The van der Waals surface area contributed by atoms with Crippen LogP contribution in [-0.2, 0) is 10.0 Å². The molecule has 0 atom stereocenters. The highest BCUT2D eigenvalue weighted by molar-refractivity contribution is 9.10. The first kappa shape index (κ1) is 16.6. The van der Waals surface area contributed by atoms with Gasteiger partial charge in [0, 0.05) is 17.6 Å². The Hall–Kier alpha value is -0.430. The van der Waals surface area contributed by atoms with Gasteiger partial charge in [-0.05, 0) is 55.1 Å². The third-order valence-corrected chi connectivity index (χ3v) is 5.81. The molecule has 4 nitrogen and oxygen atoms in total. The number of rotatable bonds is 7. The van der Waals surface area contributed by atoms with Crippen LogP contribution in [0.2, 0.25) is 0 Å². The average molecular weight is 349 g/mol. The summed E-state index contributed by atoms with van der Waals surface area (Å²) in [6.45, 7) is 3.77. The Kier molecular flexibility index (Phi) is 6.46. The summed E-state index contributed by atoms with van der Waals surface area (Å²) in [6.07, 6.45) is 0.824. The zero-order chi connectivity index (χ0) is 14.5. The molecular weight excluding hydrogens is 328 g/mol. The van der Waals surface area contributed by atoms with E-state index in [1.807, 2.05) is 27.1 Å². The van der Waals surface area contributed by atoms with Crippen LogP contribution in [0.25, 0.3) is 0 Å². The molecule has 1 aromatic rings. The Morgan fingerprint density at radius 2 is 1.79 bits per heavy atom. The molecule has 0 saturated carbocycles. The molecule has 0 radical (unpaired) electrons. The van der Waals surface area contributed by atoms with Crippen LogP contribution in [0.5, 0.6) is 0 Å². The van der Waals surface area contributed by atoms with Crippen molar-refractivity contribution in [1.29, 1.82) is 0 Å². The SMILES string of the molecule is CCN(CCCN(C)C)S(=O)(=O)c1ccccc1Br. The summed E-state index contributed by atoms with van der Waals surface area (Å²) in [5.74, 6) is 0. The summed E-state index contributed by atoms with van der Waals surface area (Å²) in [5, 5.41) is 0. The Balaban J connectivity index is 2.87. The van der Waals surface area contributed by atoms with Gasteiger partial charge in [0.05, 0.1) is 4.90 Å². The molecule has 0 spiro atoms. The lowest BCUT2D eigenvalue weighted by atomic mass is 10.4. The highest BCUT2D eigenvalue weighted by Crippen LogP contribution is 2.24. The molecule has 19 heavy (non-hydrogen) atoms. The van der Waals surface area contributed by atoms with Crippen LogP contribution in [0.1, 0.15) is 13.3 Å². The smallest absolute Gasteiger partial charge is 0.244 e. The fourth-order valence-corrected chi connectivity index (χ4v) is 4.26. The van der Waals surface area contributed by atoms with Crippen LogP contribution in [0.4, 0.5) is 0 Å². The number of hydrogen-bond donors (Lipinski definition) is 0. The lowest BCUT2D eigenvalue weighted by molar-refractivity contribution is 0.356. The molecule has 0 bridgehead atoms. The molecule has 0 aliphatic heterocycles. The molecule has 1 rings (SSSR count). The van der Waals surface area contributed by atoms with E-state index in [1.165, 1.54) is 4.31 Å². The van der Waals surface area contributed by atoms with E-state index in [0.29, 0.717) is 22.5 Å². The third kappa shape index (κ3) is 4.56. The van der Waals surface area contributed by atoms with Crippen molar-refractivity contribution in [3.63, 3.8) is 0 Å². The second kappa shape index (κ2) is 7.38. The van der Waals surface area contributed by atoms with E-state index >= 15 is 0 Å². The molecule has 1 aromatic carbocycles. The molecule has 0 fully saturated rings. The van der Waals surface area contributed by atoms with Crippen LogP contribution >= 0.6 is 15.9 Å². The van der Waals surface area contributed by atoms with Gasteiger partial charge in [0.1, 0.15) is 0 Å². The van der Waals surface area contributed by atoms with Gasteiger partial charge in [0.2, 0.25) is 10.0 Å². The molecule has 0 aliphatic carbocycles. The molecule has 0 aromatic heterocycles. The topological polar surface area (TPSA) is 40.6 Å². The Bertz CT molecular complexity index is 503. The molecule has 0 aliphatic rings. The monoisotopic (exact) mass is 348 g/mol. The summed E-state index contributed by atoms with van der Waals surface area (Å²) >= 11 is 3.31. The van der Waals surface area contributed by atoms with Crippen molar-refractivity contribution in [2.24, 2.45) is 0 Å². The van der Waals surface area contributed by atoms with Gasteiger partial charge < -0.3 is 4.90 Å². The number of halogens is 1. The second-order valence-electron chi connectivity index (χ2n) is 4.58. The van der Waals surface area contributed by atoms with Gasteiger partial charge in [-0.25, -0.2) is 8.42 Å². The van der Waals surface area contributed by atoms with E-state index in [1.54, 1.807) is 18.2 Å².